The van der Waals surface area contributed by atoms with Crippen molar-refractivity contribution in [3.63, 3.8) is 0 Å². The molecule has 1 heterocycles. The Bertz CT molecular complexity index is 468. The summed E-state index contributed by atoms with van der Waals surface area (Å²) < 4.78 is 36.2. The second-order valence-corrected chi connectivity index (χ2v) is 3.26. The van der Waals surface area contributed by atoms with Gasteiger partial charge in [0, 0.05) is 0 Å². The largest absolute Gasteiger partial charge is 0.416 e. The fourth-order valence-corrected chi connectivity index (χ4v) is 1.10. The summed E-state index contributed by atoms with van der Waals surface area (Å²) in [7, 11) is 0. The van der Waals surface area contributed by atoms with Crippen molar-refractivity contribution < 1.29 is 23.2 Å². The van der Waals surface area contributed by atoms with E-state index in [1.54, 1.807) is 0 Å². The molecule has 0 saturated carbocycles. The molecule has 0 aliphatic heterocycles. The fourth-order valence-electron chi connectivity index (χ4n) is 1.10. The van der Waals surface area contributed by atoms with Crippen LogP contribution in [0.4, 0.5) is 30.5 Å². The first-order valence-electron chi connectivity index (χ1n) is 4.72. The molecule has 1 aromatic rings. The number of alkyl halides is 3. The van der Waals surface area contributed by atoms with E-state index in [0.29, 0.717) is 0 Å². The van der Waals surface area contributed by atoms with Crippen LogP contribution in [0.25, 0.3) is 0 Å². The quantitative estimate of drug-likeness (QED) is 0.336. The van der Waals surface area contributed by atoms with Gasteiger partial charge in [-0.3, -0.25) is 10.1 Å². The predicted molar refractivity (Wildman–Crippen MR) is 57.0 cm³/mol. The lowest BCUT2D eigenvalue weighted by Gasteiger charge is -2.15. The number of aliphatic hydroxyl groups excluding tert-OH is 1. The average Bonchev–Trinajstić information content (AvgIpc) is 2.33. The second kappa shape index (κ2) is 5.62. The van der Waals surface area contributed by atoms with E-state index in [0.717, 1.165) is 6.33 Å². The number of nitrogens with one attached hydrogen (secondary N) is 2. The van der Waals surface area contributed by atoms with Crippen LogP contribution in [-0.4, -0.2) is 38.8 Å². The van der Waals surface area contributed by atoms with Crippen LogP contribution in [0.2, 0.25) is 0 Å². The van der Waals surface area contributed by atoms with Crippen LogP contribution in [0.15, 0.2) is 6.33 Å². The molecule has 0 spiro atoms. The summed E-state index contributed by atoms with van der Waals surface area (Å²) in [5, 5.41) is 21.5. The number of halogens is 3. The van der Waals surface area contributed by atoms with Gasteiger partial charge in [-0.15, -0.1) is 0 Å². The number of nitro groups is 1. The Balaban J connectivity index is 2.93. The van der Waals surface area contributed by atoms with E-state index in [4.69, 9.17) is 10.9 Å². The first-order chi connectivity index (χ1) is 8.77. The first-order valence-corrected chi connectivity index (χ1v) is 4.72. The smallest absolute Gasteiger partial charge is 0.382 e. The summed E-state index contributed by atoms with van der Waals surface area (Å²) in [5.41, 5.74) is 1.19. The highest BCUT2D eigenvalue weighted by molar-refractivity contribution is 5.68. The molecule has 1 aromatic heterocycles. The highest BCUT2D eigenvalue weighted by atomic mass is 19.4. The molecule has 0 bridgehead atoms. The Labute approximate surface area is 103 Å². The van der Waals surface area contributed by atoms with Crippen LogP contribution in [0.3, 0.4) is 0 Å². The number of nitrogen functional groups attached to an aromatic ring is 1. The molecule has 0 fully saturated rings. The van der Waals surface area contributed by atoms with Crippen molar-refractivity contribution in [2.24, 2.45) is 5.84 Å². The Morgan fingerprint density at radius 1 is 1.47 bits per heavy atom. The van der Waals surface area contributed by atoms with Gasteiger partial charge < -0.3 is 15.8 Å². The van der Waals surface area contributed by atoms with Gasteiger partial charge in [-0.1, -0.05) is 0 Å². The van der Waals surface area contributed by atoms with Crippen molar-refractivity contribution in [1.29, 1.82) is 0 Å². The number of aliphatic hydroxyl groups is 1. The van der Waals surface area contributed by atoms with Gasteiger partial charge in [-0.2, -0.15) is 13.2 Å². The molecule has 12 heteroatoms. The van der Waals surface area contributed by atoms with Crippen LogP contribution in [-0.2, 0) is 0 Å². The second-order valence-electron chi connectivity index (χ2n) is 3.26. The SMILES string of the molecule is NNc1ncnc(NCC(O)C(F)(F)F)c1[N+](=O)[O-]. The molecule has 0 aliphatic rings. The Hall–Kier alpha value is -2.21. The van der Waals surface area contributed by atoms with Crippen LogP contribution in [0, 0.1) is 10.1 Å². The number of anilines is 2. The molecule has 5 N–H and O–H groups in total. The lowest BCUT2D eigenvalue weighted by Crippen LogP contribution is -2.35. The summed E-state index contributed by atoms with van der Waals surface area (Å²) in [6.45, 7) is -0.995. The number of hydrogen-bond donors (Lipinski definition) is 4. The van der Waals surface area contributed by atoms with Crippen LogP contribution in [0.5, 0.6) is 0 Å². The van der Waals surface area contributed by atoms with Gasteiger partial charge >= 0.3 is 11.9 Å². The standard InChI is InChI=1S/C7H9F3N6O3/c8-7(9,10)3(17)1-12-5-4(16(18)19)6(15-11)14-2-13-5/h2-3,17H,1,11H2,(H2,12,13,14,15). The predicted octanol–water partition coefficient (Wildman–Crippen LogP) is 0.00550. The van der Waals surface area contributed by atoms with Crippen molar-refractivity contribution in [2.75, 3.05) is 17.3 Å². The third-order valence-electron chi connectivity index (χ3n) is 1.98. The van der Waals surface area contributed by atoms with Gasteiger partial charge in [0.15, 0.2) is 6.10 Å². The Morgan fingerprint density at radius 2 is 2.05 bits per heavy atom. The highest BCUT2D eigenvalue weighted by Gasteiger charge is 2.38. The molecule has 106 valence electrons. The molecule has 0 amide bonds. The molecule has 1 rings (SSSR count). The molecular weight excluding hydrogens is 273 g/mol. The third kappa shape index (κ3) is 3.62. The van der Waals surface area contributed by atoms with Gasteiger partial charge in [-0.25, -0.2) is 15.8 Å². The van der Waals surface area contributed by atoms with E-state index in [1.165, 1.54) is 0 Å². The number of nitrogens with zero attached hydrogens (tertiary/aromatic N) is 3. The van der Waals surface area contributed by atoms with E-state index in [-0.39, 0.29) is 5.82 Å². The zero-order valence-corrected chi connectivity index (χ0v) is 9.18. The van der Waals surface area contributed by atoms with E-state index >= 15 is 0 Å². The summed E-state index contributed by atoms with van der Waals surface area (Å²) in [5.74, 6) is 4.12. The molecule has 9 nitrogen and oxygen atoms in total. The molecular formula is C7H9F3N6O3. The van der Waals surface area contributed by atoms with Gasteiger partial charge in [0.25, 0.3) is 0 Å². The average molecular weight is 282 g/mol. The lowest BCUT2D eigenvalue weighted by molar-refractivity contribution is -0.383. The summed E-state index contributed by atoms with van der Waals surface area (Å²) >= 11 is 0. The van der Waals surface area contributed by atoms with Crippen molar-refractivity contribution in [3.05, 3.63) is 16.4 Å². The number of nitrogens with two attached hydrogens (primary N) is 1. The molecule has 0 radical (unpaired) electrons. The van der Waals surface area contributed by atoms with Gasteiger partial charge in [-0.05, 0) is 0 Å². The molecule has 0 saturated heterocycles. The lowest BCUT2D eigenvalue weighted by atomic mass is 10.3. The summed E-state index contributed by atoms with van der Waals surface area (Å²) in [4.78, 5) is 16.7. The molecule has 0 aromatic carbocycles. The van der Waals surface area contributed by atoms with Gasteiger partial charge in [0.1, 0.15) is 6.33 Å². The van der Waals surface area contributed by atoms with E-state index in [2.05, 4.69) is 9.97 Å². The summed E-state index contributed by atoms with van der Waals surface area (Å²) in [6, 6.07) is 0. The third-order valence-corrected chi connectivity index (χ3v) is 1.98. The van der Waals surface area contributed by atoms with E-state index in [1.807, 2.05) is 10.7 Å². The number of rotatable bonds is 5. The highest BCUT2D eigenvalue weighted by Crippen LogP contribution is 2.28. The Kier molecular flexibility index (Phi) is 4.39. The van der Waals surface area contributed by atoms with Gasteiger partial charge in [0.05, 0.1) is 11.5 Å². The zero-order valence-electron chi connectivity index (χ0n) is 9.18. The molecule has 19 heavy (non-hydrogen) atoms. The maximum absolute atomic E-state index is 12.1. The number of aromatic nitrogens is 2. The monoisotopic (exact) mass is 282 g/mol. The van der Waals surface area contributed by atoms with E-state index < -0.39 is 35.3 Å². The minimum atomic E-state index is -4.84. The molecule has 0 aliphatic carbocycles. The van der Waals surface area contributed by atoms with Gasteiger partial charge in [0.2, 0.25) is 11.6 Å². The maximum Gasteiger partial charge on any atom is 0.416 e. The minimum Gasteiger partial charge on any atom is -0.382 e. The van der Waals surface area contributed by atoms with Crippen LogP contribution in [0.1, 0.15) is 0 Å². The number of hydrogen-bond acceptors (Lipinski definition) is 8. The minimum absolute atomic E-state index is 0.371. The normalized spacial score (nSPS) is 12.9. The van der Waals surface area contributed by atoms with Crippen molar-refractivity contribution >= 4 is 17.3 Å². The fraction of sp³-hybridized carbons (Fsp3) is 0.429. The molecule has 1 atom stereocenters. The zero-order chi connectivity index (χ0) is 14.6. The van der Waals surface area contributed by atoms with Crippen molar-refractivity contribution in [2.45, 2.75) is 12.3 Å². The van der Waals surface area contributed by atoms with E-state index in [9.17, 15) is 23.3 Å². The Morgan fingerprint density at radius 3 is 2.53 bits per heavy atom. The van der Waals surface area contributed by atoms with Crippen molar-refractivity contribution in [3.8, 4) is 0 Å². The summed E-state index contributed by atoms with van der Waals surface area (Å²) in [6.07, 6.45) is -6.66. The number of hydrazine groups is 1. The topological polar surface area (TPSA) is 139 Å². The van der Waals surface area contributed by atoms with Crippen LogP contribution < -0.4 is 16.6 Å². The molecule has 1 unspecified atom stereocenters. The van der Waals surface area contributed by atoms with Crippen molar-refractivity contribution in [1.82, 2.24) is 9.97 Å². The van der Waals surface area contributed by atoms with Crippen LogP contribution >= 0.6 is 0 Å². The first kappa shape index (κ1) is 14.8. The maximum atomic E-state index is 12.1.